The highest BCUT2D eigenvalue weighted by atomic mass is 35.5. The molecule has 0 saturated carbocycles. The normalized spacial score (nSPS) is 30.7. The molecule has 2 unspecified atom stereocenters. The molecule has 3 aliphatic rings. The second-order valence-electron chi connectivity index (χ2n) is 6.41. The van der Waals surface area contributed by atoms with Gasteiger partial charge in [-0.2, -0.15) is 0 Å². The third kappa shape index (κ3) is 3.89. The number of hydrogen-bond acceptors (Lipinski definition) is 3. The van der Waals surface area contributed by atoms with Crippen LogP contribution in [0.25, 0.3) is 0 Å². The molecule has 120 valence electrons. The van der Waals surface area contributed by atoms with Crippen LogP contribution in [0.1, 0.15) is 38.5 Å². The van der Waals surface area contributed by atoms with Crippen molar-refractivity contribution in [3.05, 3.63) is 0 Å². The van der Waals surface area contributed by atoms with Crippen LogP contribution in [0.15, 0.2) is 0 Å². The molecule has 2 amide bonds. The lowest BCUT2D eigenvalue weighted by Crippen LogP contribution is -2.48. The van der Waals surface area contributed by atoms with E-state index in [0.29, 0.717) is 19.0 Å². The predicted molar refractivity (Wildman–Crippen MR) is 83.3 cm³/mol. The highest BCUT2D eigenvalue weighted by Gasteiger charge is 2.33. The van der Waals surface area contributed by atoms with Crippen molar-refractivity contribution < 1.29 is 9.59 Å². The van der Waals surface area contributed by atoms with Crippen LogP contribution >= 0.6 is 12.4 Å². The van der Waals surface area contributed by atoms with Gasteiger partial charge in [0.25, 0.3) is 0 Å². The Morgan fingerprint density at radius 1 is 1.14 bits per heavy atom. The summed E-state index contributed by atoms with van der Waals surface area (Å²) in [6, 6.07) is 0.682. The van der Waals surface area contributed by atoms with Crippen LogP contribution in [-0.4, -0.2) is 48.9 Å². The van der Waals surface area contributed by atoms with Crippen LogP contribution in [-0.2, 0) is 9.59 Å². The van der Waals surface area contributed by atoms with Gasteiger partial charge in [0.2, 0.25) is 11.8 Å². The minimum absolute atomic E-state index is 0. The SMILES string of the molecule is Cl.O=C1CCC(C(=O)N2CCC(C3CCCN3)CC2)CN1. The molecule has 3 heterocycles. The lowest BCUT2D eigenvalue weighted by molar-refractivity contribution is -0.138. The quantitative estimate of drug-likeness (QED) is 0.797. The summed E-state index contributed by atoms with van der Waals surface area (Å²) in [5.41, 5.74) is 0. The number of halogens is 1. The molecular weight excluding hydrogens is 290 g/mol. The number of nitrogens with zero attached hydrogens (tertiary/aromatic N) is 1. The summed E-state index contributed by atoms with van der Waals surface area (Å²) in [4.78, 5) is 25.6. The zero-order chi connectivity index (χ0) is 13.9. The van der Waals surface area contributed by atoms with Gasteiger partial charge in [-0.1, -0.05) is 0 Å². The Bertz CT molecular complexity index is 367. The van der Waals surface area contributed by atoms with Crippen molar-refractivity contribution in [2.45, 2.75) is 44.6 Å². The van der Waals surface area contributed by atoms with Crippen molar-refractivity contribution in [3.63, 3.8) is 0 Å². The van der Waals surface area contributed by atoms with Gasteiger partial charge in [0.15, 0.2) is 0 Å². The van der Waals surface area contributed by atoms with E-state index in [0.717, 1.165) is 44.8 Å². The largest absolute Gasteiger partial charge is 0.355 e. The van der Waals surface area contributed by atoms with E-state index in [1.807, 2.05) is 4.90 Å². The van der Waals surface area contributed by atoms with Gasteiger partial charge >= 0.3 is 0 Å². The number of likely N-dealkylation sites (tertiary alicyclic amines) is 1. The van der Waals surface area contributed by atoms with E-state index in [1.165, 1.54) is 12.8 Å². The molecule has 0 spiro atoms. The number of carbonyl (C=O) groups is 2. The van der Waals surface area contributed by atoms with Gasteiger partial charge in [0.05, 0.1) is 5.92 Å². The Morgan fingerprint density at radius 3 is 2.48 bits per heavy atom. The molecule has 3 rings (SSSR count). The van der Waals surface area contributed by atoms with Crippen molar-refractivity contribution in [2.75, 3.05) is 26.2 Å². The average Bonchev–Trinajstić information content (AvgIpc) is 3.02. The fourth-order valence-electron chi connectivity index (χ4n) is 3.84. The fourth-order valence-corrected chi connectivity index (χ4v) is 3.84. The van der Waals surface area contributed by atoms with Crippen molar-refractivity contribution in [1.29, 1.82) is 0 Å². The van der Waals surface area contributed by atoms with Crippen LogP contribution in [0.5, 0.6) is 0 Å². The molecule has 0 aliphatic carbocycles. The van der Waals surface area contributed by atoms with Gasteiger partial charge in [-0.15, -0.1) is 12.4 Å². The highest BCUT2D eigenvalue weighted by molar-refractivity contribution is 5.85. The summed E-state index contributed by atoms with van der Waals surface area (Å²) < 4.78 is 0. The minimum atomic E-state index is 0. The molecule has 5 nitrogen and oxygen atoms in total. The number of carbonyl (C=O) groups excluding carboxylic acids is 2. The second-order valence-corrected chi connectivity index (χ2v) is 6.41. The Balaban J connectivity index is 0.00000161. The maximum atomic E-state index is 12.4. The monoisotopic (exact) mass is 315 g/mol. The van der Waals surface area contributed by atoms with Crippen molar-refractivity contribution in [1.82, 2.24) is 15.5 Å². The van der Waals surface area contributed by atoms with E-state index < -0.39 is 0 Å². The number of rotatable bonds is 2. The van der Waals surface area contributed by atoms with E-state index >= 15 is 0 Å². The van der Waals surface area contributed by atoms with Crippen molar-refractivity contribution in [3.8, 4) is 0 Å². The maximum absolute atomic E-state index is 12.4. The summed E-state index contributed by atoms with van der Waals surface area (Å²) in [7, 11) is 0. The minimum Gasteiger partial charge on any atom is -0.355 e. The molecule has 3 fully saturated rings. The highest BCUT2D eigenvalue weighted by Crippen LogP contribution is 2.27. The summed E-state index contributed by atoms with van der Waals surface area (Å²) >= 11 is 0. The zero-order valence-electron chi connectivity index (χ0n) is 12.5. The molecule has 0 aromatic heterocycles. The maximum Gasteiger partial charge on any atom is 0.227 e. The summed E-state index contributed by atoms with van der Waals surface area (Å²) in [6.45, 7) is 3.48. The Morgan fingerprint density at radius 2 is 1.90 bits per heavy atom. The average molecular weight is 316 g/mol. The molecule has 0 radical (unpaired) electrons. The first-order chi connectivity index (χ1) is 9.74. The molecule has 21 heavy (non-hydrogen) atoms. The van der Waals surface area contributed by atoms with Gasteiger partial charge < -0.3 is 15.5 Å². The van der Waals surface area contributed by atoms with E-state index in [4.69, 9.17) is 0 Å². The smallest absolute Gasteiger partial charge is 0.227 e. The standard InChI is InChI=1S/C15H25N3O2.ClH/c19-14-4-3-12(10-17-14)15(20)18-8-5-11(6-9-18)13-2-1-7-16-13;/h11-13,16H,1-10H2,(H,17,19);1H. The number of piperidine rings is 2. The second kappa shape index (κ2) is 7.45. The Hall–Kier alpha value is -0.810. The Labute approximate surface area is 132 Å². The van der Waals surface area contributed by atoms with Gasteiger partial charge in [-0.3, -0.25) is 9.59 Å². The first-order valence-electron chi connectivity index (χ1n) is 8.03. The molecule has 3 saturated heterocycles. The zero-order valence-corrected chi connectivity index (χ0v) is 13.3. The van der Waals surface area contributed by atoms with Crippen LogP contribution in [0.4, 0.5) is 0 Å². The third-order valence-corrected chi connectivity index (χ3v) is 5.13. The fraction of sp³-hybridized carbons (Fsp3) is 0.867. The molecular formula is C15H26ClN3O2. The van der Waals surface area contributed by atoms with E-state index in [-0.39, 0.29) is 30.1 Å². The van der Waals surface area contributed by atoms with E-state index in [1.54, 1.807) is 0 Å². The van der Waals surface area contributed by atoms with Crippen molar-refractivity contribution >= 4 is 24.2 Å². The van der Waals surface area contributed by atoms with Crippen LogP contribution < -0.4 is 10.6 Å². The van der Waals surface area contributed by atoms with Crippen LogP contribution in [0, 0.1) is 11.8 Å². The first kappa shape index (κ1) is 16.6. The predicted octanol–water partition coefficient (Wildman–Crippen LogP) is 0.925. The van der Waals surface area contributed by atoms with Gasteiger partial charge in [0, 0.05) is 32.1 Å². The van der Waals surface area contributed by atoms with Gasteiger partial charge in [-0.05, 0) is 44.6 Å². The number of nitrogens with one attached hydrogen (secondary N) is 2. The molecule has 6 heteroatoms. The van der Waals surface area contributed by atoms with E-state index in [9.17, 15) is 9.59 Å². The molecule has 0 aromatic rings. The Kier molecular flexibility index (Phi) is 5.88. The van der Waals surface area contributed by atoms with Crippen LogP contribution in [0.2, 0.25) is 0 Å². The van der Waals surface area contributed by atoms with Crippen LogP contribution in [0.3, 0.4) is 0 Å². The lowest BCUT2D eigenvalue weighted by atomic mass is 9.87. The first-order valence-corrected chi connectivity index (χ1v) is 8.03. The molecule has 2 atom stereocenters. The van der Waals surface area contributed by atoms with E-state index in [2.05, 4.69) is 10.6 Å². The summed E-state index contributed by atoms with van der Waals surface area (Å²) in [5.74, 6) is 1.09. The molecule has 0 bridgehead atoms. The van der Waals surface area contributed by atoms with Gasteiger partial charge in [0.1, 0.15) is 0 Å². The van der Waals surface area contributed by atoms with Crippen molar-refractivity contribution in [2.24, 2.45) is 11.8 Å². The molecule has 0 aromatic carbocycles. The topological polar surface area (TPSA) is 61.4 Å². The van der Waals surface area contributed by atoms with Gasteiger partial charge in [-0.25, -0.2) is 0 Å². The molecule has 2 N–H and O–H groups in total. The lowest BCUT2D eigenvalue weighted by Gasteiger charge is -2.37. The third-order valence-electron chi connectivity index (χ3n) is 5.13. The summed E-state index contributed by atoms with van der Waals surface area (Å²) in [5, 5.41) is 6.40. The molecule has 3 aliphatic heterocycles. The summed E-state index contributed by atoms with van der Waals surface area (Å²) in [6.07, 6.45) is 6.07. The number of hydrogen-bond donors (Lipinski definition) is 2. The number of amides is 2.